The molecule has 4 nitrogen and oxygen atoms in total. The van der Waals surface area contributed by atoms with Crippen molar-refractivity contribution in [3.05, 3.63) is 28.8 Å². The zero-order valence-electron chi connectivity index (χ0n) is 14.2. The van der Waals surface area contributed by atoms with Gasteiger partial charge in [-0.2, -0.15) is 0 Å². The van der Waals surface area contributed by atoms with Crippen molar-refractivity contribution in [3.8, 4) is 5.75 Å². The zero-order valence-corrected chi connectivity index (χ0v) is 14.2. The first kappa shape index (κ1) is 17.0. The molecule has 1 unspecified atom stereocenters. The third-order valence-electron chi connectivity index (χ3n) is 4.29. The van der Waals surface area contributed by atoms with E-state index in [4.69, 9.17) is 4.74 Å². The summed E-state index contributed by atoms with van der Waals surface area (Å²) in [4.78, 5) is 15.3. The van der Waals surface area contributed by atoms with E-state index in [1.165, 1.54) is 0 Å². The van der Waals surface area contributed by atoms with Gasteiger partial charge in [0.25, 0.3) is 0 Å². The van der Waals surface area contributed by atoms with Crippen LogP contribution in [0, 0.1) is 19.8 Å². The Labute approximate surface area is 133 Å². The Bertz CT molecular complexity index is 522. The van der Waals surface area contributed by atoms with Crippen molar-refractivity contribution in [2.75, 3.05) is 39.3 Å². The molecule has 0 radical (unpaired) electrons. The Morgan fingerprint density at radius 3 is 2.55 bits per heavy atom. The summed E-state index contributed by atoms with van der Waals surface area (Å²) in [7, 11) is 0. The molecule has 1 aliphatic heterocycles. The van der Waals surface area contributed by atoms with Crippen LogP contribution in [0.25, 0.3) is 0 Å². The summed E-state index contributed by atoms with van der Waals surface area (Å²) >= 11 is 0. The van der Waals surface area contributed by atoms with Crippen molar-refractivity contribution >= 4 is 5.78 Å². The van der Waals surface area contributed by atoms with E-state index < -0.39 is 0 Å². The highest BCUT2D eigenvalue weighted by Crippen LogP contribution is 2.29. The largest absolute Gasteiger partial charge is 0.493 e. The number of aryl methyl sites for hydroxylation is 2. The predicted molar refractivity (Wildman–Crippen MR) is 89.9 cm³/mol. The van der Waals surface area contributed by atoms with Gasteiger partial charge in [-0.15, -0.1) is 0 Å². The number of carbonyl (C=O) groups excluding carboxylic acids is 1. The molecule has 0 amide bonds. The maximum Gasteiger partial charge on any atom is 0.170 e. The quantitative estimate of drug-likeness (QED) is 0.820. The minimum absolute atomic E-state index is 0.0159. The SMILES string of the molecule is CCOc1c(C)ccc(C)c1C(=O)C(C)CN1CCNCC1. The van der Waals surface area contributed by atoms with Crippen LogP contribution in [0.4, 0.5) is 0 Å². The third kappa shape index (κ3) is 3.87. The van der Waals surface area contributed by atoms with E-state index in [1.54, 1.807) is 0 Å². The molecule has 1 aliphatic rings. The Hall–Kier alpha value is -1.39. The van der Waals surface area contributed by atoms with Gasteiger partial charge in [0.2, 0.25) is 0 Å². The minimum atomic E-state index is -0.0159. The molecule has 1 saturated heterocycles. The number of ketones is 1. The van der Waals surface area contributed by atoms with E-state index in [9.17, 15) is 4.79 Å². The fourth-order valence-electron chi connectivity index (χ4n) is 3.03. The number of hydrogen-bond acceptors (Lipinski definition) is 4. The van der Waals surface area contributed by atoms with Gasteiger partial charge in [-0.25, -0.2) is 0 Å². The Kier molecular flexibility index (Phi) is 5.98. The monoisotopic (exact) mass is 304 g/mol. The molecule has 1 atom stereocenters. The average Bonchev–Trinajstić information content (AvgIpc) is 2.52. The first-order valence-corrected chi connectivity index (χ1v) is 8.24. The maximum atomic E-state index is 13.0. The van der Waals surface area contributed by atoms with E-state index in [0.717, 1.165) is 55.2 Å². The topological polar surface area (TPSA) is 41.6 Å². The summed E-state index contributed by atoms with van der Waals surface area (Å²) in [5.74, 6) is 0.945. The number of carbonyl (C=O) groups is 1. The van der Waals surface area contributed by atoms with Gasteiger partial charge in [-0.1, -0.05) is 19.1 Å². The maximum absolute atomic E-state index is 13.0. The molecule has 122 valence electrons. The molecular formula is C18H28N2O2. The minimum Gasteiger partial charge on any atom is -0.493 e. The lowest BCUT2D eigenvalue weighted by molar-refractivity contribution is 0.0882. The molecule has 1 fully saturated rings. The summed E-state index contributed by atoms with van der Waals surface area (Å²) < 4.78 is 5.77. The lowest BCUT2D eigenvalue weighted by atomic mass is 9.92. The van der Waals surface area contributed by atoms with Gasteiger partial charge in [0.15, 0.2) is 5.78 Å². The van der Waals surface area contributed by atoms with Crippen LogP contribution in [0.1, 0.15) is 35.3 Å². The average molecular weight is 304 g/mol. The predicted octanol–water partition coefficient (Wildman–Crippen LogP) is 2.43. The molecule has 0 bridgehead atoms. The van der Waals surface area contributed by atoms with Crippen LogP contribution in [0.5, 0.6) is 5.75 Å². The van der Waals surface area contributed by atoms with E-state index in [1.807, 2.05) is 39.8 Å². The molecule has 1 heterocycles. The van der Waals surface area contributed by atoms with Crippen molar-refractivity contribution in [2.24, 2.45) is 5.92 Å². The highest BCUT2D eigenvalue weighted by Gasteiger charge is 2.24. The van der Waals surface area contributed by atoms with Crippen LogP contribution in [0.15, 0.2) is 12.1 Å². The van der Waals surface area contributed by atoms with Crippen LogP contribution in [0.3, 0.4) is 0 Å². The molecule has 1 aromatic rings. The number of hydrogen-bond donors (Lipinski definition) is 1. The molecular weight excluding hydrogens is 276 g/mol. The molecule has 4 heteroatoms. The van der Waals surface area contributed by atoms with E-state index in [0.29, 0.717) is 6.61 Å². The fraction of sp³-hybridized carbons (Fsp3) is 0.611. The molecule has 0 spiro atoms. The van der Waals surface area contributed by atoms with E-state index in [2.05, 4.69) is 10.2 Å². The molecule has 0 saturated carbocycles. The second-order valence-electron chi connectivity index (χ2n) is 6.15. The standard InChI is InChI=1S/C18H28N2O2/c1-5-22-18-14(3)7-6-13(2)16(18)17(21)15(4)12-20-10-8-19-9-11-20/h6-7,15,19H,5,8-12H2,1-4H3. The van der Waals surface area contributed by atoms with Gasteiger partial charge >= 0.3 is 0 Å². The van der Waals surface area contributed by atoms with Gasteiger partial charge in [0.05, 0.1) is 12.2 Å². The van der Waals surface area contributed by atoms with E-state index in [-0.39, 0.29) is 11.7 Å². The lowest BCUT2D eigenvalue weighted by Crippen LogP contribution is -2.45. The summed E-state index contributed by atoms with van der Waals surface area (Å²) in [6.07, 6.45) is 0. The first-order chi connectivity index (χ1) is 10.5. The number of nitrogens with one attached hydrogen (secondary N) is 1. The van der Waals surface area contributed by atoms with Gasteiger partial charge in [0.1, 0.15) is 5.75 Å². The van der Waals surface area contributed by atoms with Crippen molar-refractivity contribution in [1.29, 1.82) is 0 Å². The number of Topliss-reactive ketones (excluding diaryl/α,β-unsaturated/α-hetero) is 1. The van der Waals surface area contributed by atoms with Gasteiger partial charge < -0.3 is 15.0 Å². The van der Waals surface area contributed by atoms with Crippen LogP contribution < -0.4 is 10.1 Å². The summed E-state index contributed by atoms with van der Waals surface area (Å²) in [5.41, 5.74) is 2.81. The highest BCUT2D eigenvalue weighted by atomic mass is 16.5. The first-order valence-electron chi connectivity index (χ1n) is 8.24. The fourth-order valence-corrected chi connectivity index (χ4v) is 3.03. The van der Waals surface area contributed by atoms with Crippen LogP contribution in [-0.2, 0) is 0 Å². The second-order valence-corrected chi connectivity index (χ2v) is 6.15. The number of ether oxygens (including phenoxy) is 1. The third-order valence-corrected chi connectivity index (χ3v) is 4.29. The summed E-state index contributed by atoms with van der Waals surface area (Å²) in [6.45, 7) is 13.4. The van der Waals surface area contributed by atoms with Crippen LogP contribution in [0.2, 0.25) is 0 Å². The van der Waals surface area contributed by atoms with Crippen molar-refractivity contribution in [1.82, 2.24) is 10.2 Å². The van der Waals surface area contributed by atoms with Crippen molar-refractivity contribution < 1.29 is 9.53 Å². The molecule has 1 N–H and O–H groups in total. The van der Waals surface area contributed by atoms with Crippen molar-refractivity contribution in [2.45, 2.75) is 27.7 Å². The van der Waals surface area contributed by atoms with Gasteiger partial charge in [0, 0.05) is 38.6 Å². The Morgan fingerprint density at radius 1 is 1.27 bits per heavy atom. The Morgan fingerprint density at radius 2 is 1.91 bits per heavy atom. The van der Waals surface area contributed by atoms with Crippen molar-refractivity contribution in [3.63, 3.8) is 0 Å². The van der Waals surface area contributed by atoms with Gasteiger partial charge in [-0.05, 0) is 31.9 Å². The second kappa shape index (κ2) is 7.75. The molecule has 0 aliphatic carbocycles. The summed E-state index contributed by atoms with van der Waals surface area (Å²) in [5, 5.41) is 3.34. The number of nitrogens with zero attached hydrogens (tertiary/aromatic N) is 1. The Balaban J connectivity index is 2.18. The number of piperazine rings is 1. The molecule has 22 heavy (non-hydrogen) atoms. The molecule has 2 rings (SSSR count). The van der Waals surface area contributed by atoms with Gasteiger partial charge in [-0.3, -0.25) is 4.79 Å². The highest BCUT2D eigenvalue weighted by molar-refractivity contribution is 6.02. The zero-order chi connectivity index (χ0) is 16.1. The summed E-state index contributed by atoms with van der Waals surface area (Å²) in [6, 6.07) is 4.04. The van der Waals surface area contributed by atoms with Crippen LogP contribution in [-0.4, -0.2) is 50.0 Å². The number of benzene rings is 1. The molecule has 0 aromatic heterocycles. The number of rotatable bonds is 6. The lowest BCUT2D eigenvalue weighted by Gasteiger charge is -2.29. The smallest absolute Gasteiger partial charge is 0.170 e. The van der Waals surface area contributed by atoms with Crippen LogP contribution >= 0.6 is 0 Å². The normalized spacial score (nSPS) is 17.3. The molecule has 1 aromatic carbocycles. The van der Waals surface area contributed by atoms with E-state index >= 15 is 0 Å².